The van der Waals surface area contributed by atoms with Crippen molar-refractivity contribution >= 4 is 5.97 Å². The van der Waals surface area contributed by atoms with Crippen LogP contribution in [-0.4, -0.2) is 17.2 Å². The molecule has 3 heteroatoms. The molecule has 0 spiro atoms. The third kappa shape index (κ3) is 2.06. The summed E-state index contributed by atoms with van der Waals surface area (Å²) in [6, 6.07) is 8.90. The van der Waals surface area contributed by atoms with E-state index in [2.05, 4.69) is 12.2 Å². The summed E-state index contributed by atoms with van der Waals surface area (Å²) in [4.78, 5) is 11.9. The number of fused-ring (bicyclic) bond motifs is 2. The second-order valence-corrected chi connectivity index (χ2v) is 5.07. The maximum atomic E-state index is 11.9. The topological polar surface area (TPSA) is 46.5 Å². The lowest BCUT2D eigenvalue weighted by Gasteiger charge is -2.20. The SMILES string of the molecule is O=C(O[C@@H]1C[C@H]2C=C[C@@H]1C2)[C@@H](O)c1ccccc1. The van der Waals surface area contributed by atoms with Crippen LogP contribution in [0.3, 0.4) is 0 Å². The first-order chi connectivity index (χ1) is 8.74. The molecule has 4 atom stereocenters. The normalized spacial score (nSPS) is 30.4. The van der Waals surface area contributed by atoms with Crippen LogP contribution in [0.25, 0.3) is 0 Å². The fourth-order valence-corrected chi connectivity index (χ4v) is 2.85. The van der Waals surface area contributed by atoms with E-state index in [0.29, 0.717) is 17.4 Å². The molecule has 2 aliphatic rings. The Bertz CT molecular complexity index is 466. The van der Waals surface area contributed by atoms with E-state index in [1.165, 1.54) is 0 Å². The molecule has 3 rings (SSSR count). The molecule has 2 bridgehead atoms. The van der Waals surface area contributed by atoms with E-state index < -0.39 is 12.1 Å². The second kappa shape index (κ2) is 4.58. The van der Waals surface area contributed by atoms with Crippen molar-refractivity contribution in [2.45, 2.75) is 25.0 Å². The van der Waals surface area contributed by atoms with Crippen LogP contribution < -0.4 is 0 Å². The van der Waals surface area contributed by atoms with Gasteiger partial charge in [0.15, 0.2) is 6.10 Å². The standard InChI is InChI=1S/C15H16O3/c16-14(11-4-2-1-3-5-11)15(17)18-13-9-10-6-7-12(13)8-10/h1-7,10,12-14,16H,8-9H2/t10-,12+,13+,14-/m0/s1. The number of carbonyl (C=O) groups excluding carboxylic acids is 1. The summed E-state index contributed by atoms with van der Waals surface area (Å²) < 4.78 is 5.42. The number of esters is 1. The summed E-state index contributed by atoms with van der Waals surface area (Å²) >= 11 is 0. The highest BCUT2D eigenvalue weighted by Crippen LogP contribution is 2.41. The molecule has 94 valence electrons. The summed E-state index contributed by atoms with van der Waals surface area (Å²) in [5.74, 6) is 0.371. The molecular formula is C15H16O3. The average Bonchev–Trinajstić information content (AvgIpc) is 3.01. The molecule has 2 aliphatic carbocycles. The van der Waals surface area contributed by atoms with Crippen molar-refractivity contribution in [3.63, 3.8) is 0 Å². The first-order valence-electron chi connectivity index (χ1n) is 6.36. The van der Waals surface area contributed by atoms with Crippen molar-refractivity contribution < 1.29 is 14.6 Å². The van der Waals surface area contributed by atoms with Crippen molar-refractivity contribution in [1.82, 2.24) is 0 Å². The van der Waals surface area contributed by atoms with Gasteiger partial charge in [0.25, 0.3) is 0 Å². The van der Waals surface area contributed by atoms with E-state index in [4.69, 9.17) is 4.74 Å². The van der Waals surface area contributed by atoms with Crippen LogP contribution in [0.2, 0.25) is 0 Å². The molecule has 0 unspecified atom stereocenters. The molecule has 3 nitrogen and oxygen atoms in total. The Morgan fingerprint density at radius 3 is 2.61 bits per heavy atom. The molecule has 0 amide bonds. The average molecular weight is 244 g/mol. The number of rotatable bonds is 3. The van der Waals surface area contributed by atoms with Crippen LogP contribution in [0, 0.1) is 11.8 Å². The van der Waals surface area contributed by atoms with Gasteiger partial charge >= 0.3 is 5.97 Å². The van der Waals surface area contributed by atoms with Crippen molar-refractivity contribution in [2.24, 2.45) is 11.8 Å². The molecule has 0 radical (unpaired) electrons. The van der Waals surface area contributed by atoms with Crippen LogP contribution in [0.5, 0.6) is 0 Å². The number of aliphatic hydroxyl groups excluding tert-OH is 1. The van der Waals surface area contributed by atoms with Gasteiger partial charge in [0.05, 0.1) is 0 Å². The molecule has 1 N–H and O–H groups in total. The fourth-order valence-electron chi connectivity index (χ4n) is 2.85. The molecule has 0 saturated heterocycles. The maximum absolute atomic E-state index is 11.9. The van der Waals surface area contributed by atoms with Gasteiger partial charge in [-0.3, -0.25) is 0 Å². The van der Waals surface area contributed by atoms with Crippen LogP contribution in [-0.2, 0) is 9.53 Å². The maximum Gasteiger partial charge on any atom is 0.339 e. The third-order valence-electron chi connectivity index (χ3n) is 3.82. The molecule has 1 aromatic carbocycles. The van der Waals surface area contributed by atoms with E-state index in [-0.39, 0.29) is 6.10 Å². The highest BCUT2D eigenvalue weighted by atomic mass is 16.6. The van der Waals surface area contributed by atoms with Crippen molar-refractivity contribution in [3.8, 4) is 0 Å². The first-order valence-corrected chi connectivity index (χ1v) is 6.36. The number of benzene rings is 1. The fraction of sp³-hybridized carbons (Fsp3) is 0.400. The van der Waals surface area contributed by atoms with Gasteiger partial charge in [-0.1, -0.05) is 42.5 Å². The third-order valence-corrected chi connectivity index (χ3v) is 3.82. The largest absolute Gasteiger partial charge is 0.460 e. The molecular weight excluding hydrogens is 228 g/mol. The van der Waals surface area contributed by atoms with Gasteiger partial charge in [0, 0.05) is 5.92 Å². The first kappa shape index (κ1) is 11.5. The molecule has 1 fully saturated rings. The van der Waals surface area contributed by atoms with E-state index in [0.717, 1.165) is 12.8 Å². The Morgan fingerprint density at radius 1 is 1.22 bits per heavy atom. The van der Waals surface area contributed by atoms with Gasteiger partial charge in [-0.15, -0.1) is 0 Å². The van der Waals surface area contributed by atoms with Crippen LogP contribution in [0.15, 0.2) is 42.5 Å². The summed E-state index contributed by atoms with van der Waals surface area (Å²) in [6.07, 6.45) is 5.08. The Kier molecular flexibility index (Phi) is 2.92. The number of hydrogen-bond donors (Lipinski definition) is 1. The quantitative estimate of drug-likeness (QED) is 0.655. The lowest BCUT2D eigenvalue weighted by molar-refractivity contribution is -0.160. The van der Waals surface area contributed by atoms with Gasteiger partial charge < -0.3 is 9.84 Å². The summed E-state index contributed by atoms with van der Waals surface area (Å²) in [7, 11) is 0. The molecule has 18 heavy (non-hydrogen) atoms. The predicted octanol–water partition coefficient (Wildman–Crippen LogP) is 2.23. The predicted molar refractivity (Wildman–Crippen MR) is 66.6 cm³/mol. The number of carbonyl (C=O) groups is 1. The van der Waals surface area contributed by atoms with Crippen molar-refractivity contribution in [1.29, 1.82) is 0 Å². The second-order valence-electron chi connectivity index (χ2n) is 5.07. The lowest BCUT2D eigenvalue weighted by atomic mass is 10.0. The summed E-state index contributed by atoms with van der Waals surface area (Å²) in [5, 5.41) is 9.93. The van der Waals surface area contributed by atoms with E-state index in [1.54, 1.807) is 24.3 Å². The molecule has 0 aliphatic heterocycles. The van der Waals surface area contributed by atoms with Crippen LogP contribution >= 0.6 is 0 Å². The highest BCUT2D eigenvalue weighted by Gasteiger charge is 2.39. The molecule has 1 aromatic rings. The van der Waals surface area contributed by atoms with Crippen LogP contribution in [0.1, 0.15) is 24.5 Å². The summed E-state index contributed by atoms with van der Waals surface area (Å²) in [5.41, 5.74) is 0.584. The van der Waals surface area contributed by atoms with Crippen molar-refractivity contribution in [2.75, 3.05) is 0 Å². The van der Waals surface area contributed by atoms with Gasteiger partial charge in [-0.05, 0) is 24.3 Å². The van der Waals surface area contributed by atoms with E-state index in [9.17, 15) is 9.90 Å². The zero-order chi connectivity index (χ0) is 12.5. The van der Waals surface area contributed by atoms with Crippen molar-refractivity contribution in [3.05, 3.63) is 48.0 Å². The Balaban J connectivity index is 1.63. The zero-order valence-electron chi connectivity index (χ0n) is 10.0. The van der Waals surface area contributed by atoms with E-state index >= 15 is 0 Å². The number of hydrogen-bond acceptors (Lipinski definition) is 3. The number of ether oxygens (including phenoxy) is 1. The highest BCUT2D eigenvalue weighted by molar-refractivity contribution is 5.76. The molecule has 0 heterocycles. The Morgan fingerprint density at radius 2 is 2.00 bits per heavy atom. The smallest absolute Gasteiger partial charge is 0.339 e. The zero-order valence-corrected chi connectivity index (χ0v) is 10.0. The molecule has 1 saturated carbocycles. The van der Waals surface area contributed by atoms with Gasteiger partial charge in [0.1, 0.15) is 6.10 Å². The van der Waals surface area contributed by atoms with Gasteiger partial charge in [0.2, 0.25) is 0 Å². The Hall–Kier alpha value is -1.61. The van der Waals surface area contributed by atoms with E-state index in [1.807, 2.05) is 6.07 Å². The lowest BCUT2D eigenvalue weighted by Crippen LogP contribution is -2.26. The minimum atomic E-state index is -1.17. The number of aliphatic hydroxyl groups is 1. The minimum Gasteiger partial charge on any atom is -0.460 e. The minimum absolute atomic E-state index is 0.0501. The van der Waals surface area contributed by atoms with Crippen LogP contribution in [0.4, 0.5) is 0 Å². The number of allylic oxidation sites excluding steroid dienone is 1. The summed E-state index contributed by atoms with van der Waals surface area (Å²) in [6.45, 7) is 0. The monoisotopic (exact) mass is 244 g/mol. The van der Waals surface area contributed by atoms with Gasteiger partial charge in [-0.25, -0.2) is 4.79 Å². The van der Waals surface area contributed by atoms with Gasteiger partial charge in [-0.2, -0.15) is 0 Å². The Labute approximate surface area is 106 Å². The molecule has 0 aromatic heterocycles.